The summed E-state index contributed by atoms with van der Waals surface area (Å²) >= 11 is 5.68. The van der Waals surface area contributed by atoms with E-state index >= 15 is 0 Å². The van der Waals surface area contributed by atoms with E-state index < -0.39 is 0 Å². The van der Waals surface area contributed by atoms with E-state index in [4.69, 9.17) is 20.8 Å². The molecule has 1 amide bonds. The van der Waals surface area contributed by atoms with Gasteiger partial charge in [-0.1, -0.05) is 25.1 Å². The second kappa shape index (κ2) is 7.20. The van der Waals surface area contributed by atoms with Crippen molar-refractivity contribution in [2.24, 2.45) is 0 Å². The average Bonchev–Trinajstić information content (AvgIpc) is 2.87. The normalized spacial score (nSPS) is 10.7. The van der Waals surface area contributed by atoms with E-state index in [2.05, 4.69) is 0 Å². The van der Waals surface area contributed by atoms with Crippen LogP contribution in [0.5, 0.6) is 0 Å². The maximum absolute atomic E-state index is 11.9. The molecule has 1 heterocycles. The minimum absolute atomic E-state index is 0.135. The van der Waals surface area contributed by atoms with Crippen molar-refractivity contribution in [1.82, 2.24) is 4.90 Å². The number of carbonyl (C=O) groups excluding carboxylic acids is 1. The number of amides is 1. The third-order valence-electron chi connectivity index (χ3n) is 2.92. The predicted octanol–water partition coefficient (Wildman–Crippen LogP) is 4.02. The molecule has 0 radical (unpaired) electrons. The van der Waals surface area contributed by atoms with E-state index in [1.165, 1.54) is 0 Å². The zero-order valence-electron chi connectivity index (χ0n) is 11.5. The van der Waals surface area contributed by atoms with E-state index in [9.17, 15) is 4.79 Å². The van der Waals surface area contributed by atoms with Gasteiger partial charge in [0.2, 0.25) is 0 Å². The van der Waals surface area contributed by atoms with E-state index in [0.29, 0.717) is 24.7 Å². The minimum atomic E-state index is -0.354. The summed E-state index contributed by atoms with van der Waals surface area (Å²) in [5.41, 5.74) is 0.796. The van der Waals surface area contributed by atoms with Gasteiger partial charge >= 0.3 is 6.09 Å². The van der Waals surface area contributed by atoms with Crippen LogP contribution < -0.4 is 0 Å². The maximum Gasteiger partial charge on any atom is 0.410 e. The Bertz CT molecular complexity index is 528. The van der Waals surface area contributed by atoms with Crippen LogP contribution in [-0.4, -0.2) is 30.0 Å². The summed E-state index contributed by atoms with van der Waals surface area (Å²) < 4.78 is 10.9. The number of fused-ring (bicyclic) bond motifs is 1. The largest absolute Gasteiger partial charge is 0.457 e. The van der Waals surface area contributed by atoms with Crippen molar-refractivity contribution in [3.05, 3.63) is 36.1 Å². The lowest BCUT2D eigenvalue weighted by molar-refractivity contribution is 0.0925. The Morgan fingerprint density at radius 2 is 2.15 bits per heavy atom. The van der Waals surface area contributed by atoms with E-state index in [1.54, 1.807) is 4.90 Å². The summed E-state index contributed by atoms with van der Waals surface area (Å²) in [4.78, 5) is 13.5. The monoisotopic (exact) mass is 295 g/mol. The van der Waals surface area contributed by atoms with Gasteiger partial charge in [0.25, 0.3) is 0 Å². The summed E-state index contributed by atoms with van der Waals surface area (Å²) in [6.45, 7) is 3.28. The molecule has 5 heteroatoms. The van der Waals surface area contributed by atoms with Gasteiger partial charge in [0.05, 0.1) is 0 Å². The smallest absolute Gasteiger partial charge is 0.410 e. The lowest BCUT2D eigenvalue weighted by atomic mass is 10.2. The molecule has 0 aliphatic rings. The molecule has 1 aromatic heterocycles. The van der Waals surface area contributed by atoms with Gasteiger partial charge in [-0.3, -0.25) is 0 Å². The molecule has 108 valence electrons. The number of rotatable bonds is 6. The number of carbonyl (C=O) groups is 1. The number of ether oxygens (including phenoxy) is 1. The molecule has 2 rings (SSSR count). The molecule has 0 N–H and O–H groups in total. The Hall–Kier alpha value is -1.68. The van der Waals surface area contributed by atoms with Crippen LogP contribution in [0.4, 0.5) is 4.79 Å². The lowest BCUT2D eigenvalue weighted by Crippen LogP contribution is -2.33. The zero-order valence-corrected chi connectivity index (χ0v) is 12.2. The van der Waals surface area contributed by atoms with Crippen LogP contribution >= 0.6 is 11.6 Å². The molecule has 1 aromatic carbocycles. The highest BCUT2D eigenvalue weighted by Crippen LogP contribution is 2.19. The first kappa shape index (κ1) is 14.7. The number of benzene rings is 1. The molecule has 20 heavy (non-hydrogen) atoms. The van der Waals surface area contributed by atoms with Gasteiger partial charge < -0.3 is 14.1 Å². The van der Waals surface area contributed by atoms with Gasteiger partial charge in [-0.15, -0.1) is 11.6 Å². The third kappa shape index (κ3) is 3.67. The van der Waals surface area contributed by atoms with Gasteiger partial charge in [0, 0.05) is 24.4 Å². The fourth-order valence-corrected chi connectivity index (χ4v) is 2.20. The Labute approximate surface area is 123 Å². The molecular formula is C15H18ClNO3. The van der Waals surface area contributed by atoms with E-state index in [1.807, 2.05) is 37.3 Å². The number of alkyl halides is 1. The summed E-state index contributed by atoms with van der Waals surface area (Å²) in [6.07, 6.45) is 0.518. The molecule has 0 saturated carbocycles. The second-order valence-corrected chi connectivity index (χ2v) is 4.86. The van der Waals surface area contributed by atoms with E-state index in [-0.39, 0.29) is 12.7 Å². The molecule has 2 aromatic rings. The Morgan fingerprint density at radius 3 is 2.85 bits per heavy atom. The molecule has 0 unspecified atom stereocenters. The van der Waals surface area contributed by atoms with Crippen LogP contribution in [0, 0.1) is 0 Å². The number of furan rings is 1. The quantitative estimate of drug-likeness (QED) is 0.756. The van der Waals surface area contributed by atoms with Gasteiger partial charge in [-0.2, -0.15) is 0 Å². The first-order chi connectivity index (χ1) is 9.74. The van der Waals surface area contributed by atoms with Crippen LogP contribution in [0.1, 0.15) is 19.1 Å². The van der Waals surface area contributed by atoms with Crippen LogP contribution in [0.2, 0.25) is 0 Å². The summed E-state index contributed by atoms with van der Waals surface area (Å²) in [6, 6.07) is 9.58. The molecule has 0 spiro atoms. The summed E-state index contributed by atoms with van der Waals surface area (Å²) in [5, 5.41) is 1.00. The number of para-hydroxylation sites is 1. The van der Waals surface area contributed by atoms with Crippen LogP contribution in [0.15, 0.2) is 34.7 Å². The van der Waals surface area contributed by atoms with Crippen molar-refractivity contribution in [2.45, 2.75) is 20.0 Å². The molecule has 0 aliphatic carbocycles. The van der Waals surface area contributed by atoms with Gasteiger partial charge in [0.1, 0.15) is 11.3 Å². The third-order valence-corrected chi connectivity index (χ3v) is 3.09. The molecule has 0 atom stereocenters. The number of hydrogen-bond acceptors (Lipinski definition) is 3. The Kier molecular flexibility index (Phi) is 5.30. The van der Waals surface area contributed by atoms with Gasteiger partial charge in [-0.05, 0) is 18.6 Å². The Balaban J connectivity index is 1.94. The molecule has 0 bridgehead atoms. The second-order valence-electron chi connectivity index (χ2n) is 4.48. The van der Waals surface area contributed by atoms with Crippen LogP contribution in [0.25, 0.3) is 11.0 Å². The maximum atomic E-state index is 11.9. The van der Waals surface area contributed by atoms with Crippen molar-refractivity contribution >= 4 is 28.7 Å². The topological polar surface area (TPSA) is 42.7 Å². The van der Waals surface area contributed by atoms with E-state index in [0.717, 1.165) is 17.4 Å². The van der Waals surface area contributed by atoms with Crippen molar-refractivity contribution in [2.75, 3.05) is 19.0 Å². The predicted molar refractivity (Wildman–Crippen MR) is 79.0 cm³/mol. The molecule has 0 fully saturated rings. The van der Waals surface area contributed by atoms with Gasteiger partial charge in [0.15, 0.2) is 6.61 Å². The highest BCUT2D eigenvalue weighted by molar-refractivity contribution is 6.18. The zero-order chi connectivity index (χ0) is 14.4. The number of halogens is 1. The van der Waals surface area contributed by atoms with Crippen molar-refractivity contribution < 1.29 is 13.9 Å². The van der Waals surface area contributed by atoms with Crippen molar-refractivity contribution in [1.29, 1.82) is 0 Å². The minimum Gasteiger partial charge on any atom is -0.457 e. The molecule has 4 nitrogen and oxygen atoms in total. The number of nitrogens with zero attached hydrogens (tertiary/aromatic N) is 1. The standard InChI is InChI=1S/C15H18ClNO3/c1-2-8-17(9-7-16)15(18)19-11-13-10-12-5-3-4-6-14(12)20-13/h3-6,10H,2,7-9,11H2,1H3. The lowest BCUT2D eigenvalue weighted by Gasteiger charge is -2.19. The highest BCUT2D eigenvalue weighted by Gasteiger charge is 2.14. The molecule has 0 saturated heterocycles. The molecular weight excluding hydrogens is 278 g/mol. The van der Waals surface area contributed by atoms with Crippen molar-refractivity contribution in [3.63, 3.8) is 0 Å². The van der Waals surface area contributed by atoms with Crippen LogP contribution in [0.3, 0.4) is 0 Å². The molecule has 0 aliphatic heterocycles. The van der Waals surface area contributed by atoms with Crippen LogP contribution in [-0.2, 0) is 11.3 Å². The summed E-state index contributed by atoms with van der Waals surface area (Å²) in [5.74, 6) is 1.04. The fourth-order valence-electron chi connectivity index (χ4n) is 2.00. The first-order valence-corrected chi connectivity index (χ1v) is 7.23. The fraction of sp³-hybridized carbons (Fsp3) is 0.400. The SMILES string of the molecule is CCCN(CCCl)C(=O)OCc1cc2ccccc2o1. The first-order valence-electron chi connectivity index (χ1n) is 6.69. The summed E-state index contributed by atoms with van der Waals surface area (Å²) in [7, 11) is 0. The van der Waals surface area contributed by atoms with Crippen molar-refractivity contribution in [3.8, 4) is 0 Å². The van der Waals surface area contributed by atoms with Gasteiger partial charge in [-0.25, -0.2) is 4.79 Å². The Morgan fingerprint density at radius 1 is 1.35 bits per heavy atom. The average molecular weight is 296 g/mol. The number of hydrogen-bond donors (Lipinski definition) is 0. The highest BCUT2D eigenvalue weighted by atomic mass is 35.5.